The predicted octanol–water partition coefficient (Wildman–Crippen LogP) is 12.0. The second kappa shape index (κ2) is 23.8. The minimum Gasteiger partial charge on any atom is -0.449 e. The van der Waals surface area contributed by atoms with Crippen molar-refractivity contribution in [2.24, 2.45) is 0 Å². The third kappa shape index (κ3) is 13.3. The molecule has 8 aromatic rings. The lowest BCUT2D eigenvalue weighted by Gasteiger charge is -2.13. The van der Waals surface area contributed by atoms with Gasteiger partial charge in [-0.3, -0.25) is 30.0 Å². The van der Waals surface area contributed by atoms with Crippen LogP contribution in [-0.2, 0) is 22.6 Å². The van der Waals surface area contributed by atoms with Crippen LogP contribution in [0.5, 0.6) is 0 Å². The average Bonchev–Trinajstić information content (AvgIpc) is 4.06. The van der Waals surface area contributed by atoms with Crippen LogP contribution in [0.25, 0.3) is 55.9 Å². The molecule has 0 aliphatic heterocycles. The van der Waals surface area contributed by atoms with Gasteiger partial charge in [0.25, 0.3) is 0 Å². The molecule has 4 aromatic carbocycles. The van der Waals surface area contributed by atoms with Crippen molar-refractivity contribution in [3.8, 4) is 55.9 Å². The van der Waals surface area contributed by atoms with E-state index in [2.05, 4.69) is 89.8 Å². The number of amides is 2. The number of hydrogen-bond acceptors (Lipinski definition) is 10. The first-order valence-electron chi connectivity index (χ1n) is 22.9. The summed E-state index contributed by atoms with van der Waals surface area (Å²) in [4.78, 5) is 33.9. The molecule has 2 N–H and O–H groups in total. The molecule has 0 unspecified atom stereocenters. The Morgan fingerprint density at radius 3 is 1.27 bits per heavy atom. The number of benzene rings is 4. The zero-order valence-corrected chi connectivity index (χ0v) is 37.4. The van der Waals surface area contributed by atoms with Gasteiger partial charge in [0.2, 0.25) is 0 Å². The molecule has 0 aliphatic carbocycles. The van der Waals surface area contributed by atoms with Crippen LogP contribution in [0.15, 0.2) is 159 Å². The van der Waals surface area contributed by atoms with E-state index >= 15 is 0 Å². The second-order valence-corrected chi connectivity index (χ2v) is 16.2. The van der Waals surface area contributed by atoms with E-state index in [1.165, 1.54) is 0 Å². The van der Waals surface area contributed by atoms with Crippen molar-refractivity contribution in [2.75, 3.05) is 23.8 Å². The van der Waals surface area contributed by atoms with Crippen molar-refractivity contribution < 1.29 is 19.1 Å². The summed E-state index contributed by atoms with van der Waals surface area (Å²) in [5.74, 6) is 0. The molecule has 340 valence electrons. The van der Waals surface area contributed by atoms with Crippen LogP contribution in [0.2, 0.25) is 0 Å². The van der Waals surface area contributed by atoms with Gasteiger partial charge in [0.05, 0.1) is 37.0 Å². The Labute approximate surface area is 390 Å². The monoisotopic (exact) mass is 894 g/mol. The molecule has 67 heavy (non-hydrogen) atoms. The molecule has 4 heterocycles. The number of nitrogens with zero attached hydrogens (tertiary/aromatic N) is 8. The Morgan fingerprint density at radius 2 is 0.836 bits per heavy atom. The van der Waals surface area contributed by atoms with E-state index in [9.17, 15) is 9.59 Å². The first kappa shape index (κ1) is 45.6. The summed E-state index contributed by atoms with van der Waals surface area (Å²) in [6.07, 6.45) is 18.6. The molecule has 0 bridgehead atoms. The minimum atomic E-state index is -0.473. The SMILES string of the molecule is O=C(Nc1ccccc1-c1ccc(-c2ccc(-c3ccccc3NC(=O)OCCCCCCn3cc(-c4cccnc4)nn3)cc2)cc1)OCCCCCCCn1cc(-c2cccnc2)nn1. The third-order valence-corrected chi connectivity index (χ3v) is 11.3. The fourth-order valence-electron chi connectivity index (χ4n) is 7.74. The normalized spacial score (nSPS) is 11.0. The fourth-order valence-corrected chi connectivity index (χ4v) is 7.74. The lowest BCUT2D eigenvalue weighted by molar-refractivity contribution is 0.158. The van der Waals surface area contributed by atoms with E-state index in [-0.39, 0.29) is 0 Å². The number of para-hydroxylation sites is 2. The summed E-state index contributed by atoms with van der Waals surface area (Å²) >= 11 is 0. The number of ether oxygens (including phenoxy) is 2. The Bertz CT molecular complexity index is 2780. The van der Waals surface area contributed by atoms with E-state index in [1.54, 1.807) is 24.8 Å². The Kier molecular flexibility index (Phi) is 16.2. The van der Waals surface area contributed by atoms with Gasteiger partial charge in [-0.1, -0.05) is 121 Å². The van der Waals surface area contributed by atoms with Crippen LogP contribution in [0.4, 0.5) is 21.0 Å². The molecule has 14 nitrogen and oxygen atoms in total. The summed E-state index contributed by atoms with van der Waals surface area (Å²) in [5.41, 5.74) is 10.8. The maximum Gasteiger partial charge on any atom is 0.411 e. The molecule has 2 amide bonds. The smallest absolute Gasteiger partial charge is 0.411 e. The van der Waals surface area contributed by atoms with Crippen molar-refractivity contribution in [3.05, 3.63) is 159 Å². The molecule has 0 saturated heterocycles. The highest BCUT2D eigenvalue weighted by molar-refractivity contribution is 5.93. The van der Waals surface area contributed by atoms with E-state index in [4.69, 9.17) is 9.47 Å². The molecule has 0 atom stereocenters. The highest BCUT2D eigenvalue weighted by Crippen LogP contribution is 2.33. The van der Waals surface area contributed by atoms with Crippen LogP contribution in [-0.4, -0.2) is 65.4 Å². The van der Waals surface area contributed by atoms with Gasteiger partial charge in [0.15, 0.2) is 0 Å². The maximum absolute atomic E-state index is 12.8. The van der Waals surface area contributed by atoms with Crippen molar-refractivity contribution in [2.45, 2.75) is 70.9 Å². The number of carbonyl (C=O) groups excluding carboxylic acids is 2. The fraction of sp³-hybridized carbons (Fsp3) is 0.245. The highest BCUT2D eigenvalue weighted by atomic mass is 16.6. The summed E-state index contributed by atoms with van der Waals surface area (Å²) in [6.45, 7) is 2.29. The van der Waals surface area contributed by atoms with Gasteiger partial charge >= 0.3 is 12.2 Å². The highest BCUT2D eigenvalue weighted by Gasteiger charge is 2.13. The summed E-state index contributed by atoms with van der Waals surface area (Å²) in [5, 5.41) is 22.8. The van der Waals surface area contributed by atoms with Crippen molar-refractivity contribution >= 4 is 23.6 Å². The van der Waals surface area contributed by atoms with Gasteiger partial charge in [-0.2, -0.15) is 0 Å². The topological polar surface area (TPSA) is 164 Å². The second-order valence-electron chi connectivity index (χ2n) is 16.2. The maximum atomic E-state index is 12.8. The number of unbranched alkanes of at least 4 members (excludes halogenated alkanes) is 7. The summed E-state index contributed by atoms with van der Waals surface area (Å²) in [6, 6.07) is 39.7. The molecule has 0 spiro atoms. The molecule has 0 saturated carbocycles. The van der Waals surface area contributed by atoms with Crippen LogP contribution < -0.4 is 10.6 Å². The van der Waals surface area contributed by atoms with Crippen molar-refractivity contribution in [1.82, 2.24) is 40.0 Å². The van der Waals surface area contributed by atoms with E-state index in [0.717, 1.165) is 127 Å². The molecule has 8 rings (SSSR count). The quantitative estimate of drug-likeness (QED) is 0.0626. The number of aryl methyl sites for hydroxylation is 2. The first-order valence-corrected chi connectivity index (χ1v) is 22.9. The van der Waals surface area contributed by atoms with E-state index in [0.29, 0.717) is 24.6 Å². The minimum absolute atomic E-state index is 0.343. The zero-order chi connectivity index (χ0) is 45.9. The zero-order valence-electron chi connectivity index (χ0n) is 37.4. The van der Waals surface area contributed by atoms with Gasteiger partial charge in [-0.25, -0.2) is 9.59 Å². The predicted molar refractivity (Wildman–Crippen MR) is 261 cm³/mol. The van der Waals surface area contributed by atoms with E-state index < -0.39 is 12.2 Å². The van der Waals surface area contributed by atoms with Crippen LogP contribution in [0.1, 0.15) is 57.8 Å². The van der Waals surface area contributed by atoms with Gasteiger partial charge < -0.3 is 9.47 Å². The Balaban J connectivity index is 0.736. The van der Waals surface area contributed by atoms with Gasteiger partial charge in [0.1, 0.15) is 11.4 Å². The van der Waals surface area contributed by atoms with Crippen molar-refractivity contribution in [3.63, 3.8) is 0 Å². The van der Waals surface area contributed by atoms with E-state index in [1.807, 2.05) is 94.6 Å². The number of carbonyl (C=O) groups is 2. The number of nitrogens with one attached hydrogen (secondary N) is 2. The van der Waals surface area contributed by atoms with Crippen LogP contribution in [0, 0.1) is 0 Å². The number of pyridine rings is 2. The van der Waals surface area contributed by atoms with Crippen LogP contribution in [0.3, 0.4) is 0 Å². The number of aromatic nitrogens is 8. The van der Waals surface area contributed by atoms with Gasteiger partial charge in [-0.15, -0.1) is 10.2 Å². The molecule has 4 aromatic heterocycles. The molecule has 0 radical (unpaired) electrons. The first-order chi connectivity index (χ1) is 33.1. The third-order valence-electron chi connectivity index (χ3n) is 11.3. The lowest BCUT2D eigenvalue weighted by atomic mass is 9.97. The number of hydrogen-bond donors (Lipinski definition) is 2. The molecular formula is C53H54N10O4. The molecule has 0 aliphatic rings. The molecule has 0 fully saturated rings. The Hall–Kier alpha value is -8.00. The largest absolute Gasteiger partial charge is 0.449 e. The van der Waals surface area contributed by atoms with Crippen LogP contribution >= 0.6 is 0 Å². The van der Waals surface area contributed by atoms with Gasteiger partial charge in [0, 0.05) is 60.1 Å². The number of anilines is 2. The summed E-state index contributed by atoms with van der Waals surface area (Å²) < 4.78 is 14.8. The standard InChI is InChI=1S/C53H54N10O4/c64-52(66-34-12-4-1-2-10-32-62-38-50(58-60-62)44-16-14-30-54-36-44)56-48-20-8-6-18-46(48)42-26-22-40(23-27-42)41-24-28-43(29-25-41)47-19-7-9-21-49(47)57-53(65)67-35-13-5-3-11-33-63-39-51(59-61-63)45-17-15-31-55-37-45/h6-9,14-31,36-39H,1-5,10-13,32-35H2,(H,56,64)(H,57,65). The van der Waals surface area contributed by atoms with Gasteiger partial charge in [-0.05, 0) is 90.8 Å². The lowest BCUT2D eigenvalue weighted by Crippen LogP contribution is -2.15. The Morgan fingerprint density at radius 1 is 0.433 bits per heavy atom. The number of rotatable bonds is 22. The average molecular weight is 895 g/mol. The van der Waals surface area contributed by atoms with Crippen molar-refractivity contribution in [1.29, 1.82) is 0 Å². The molecular weight excluding hydrogens is 841 g/mol. The summed E-state index contributed by atoms with van der Waals surface area (Å²) in [7, 11) is 0. The molecule has 14 heteroatoms.